The van der Waals surface area contributed by atoms with Crippen molar-refractivity contribution in [2.24, 2.45) is 0 Å². The van der Waals surface area contributed by atoms with Crippen molar-refractivity contribution in [2.75, 3.05) is 0 Å². The standard InChI is InChI=1S/C21H17FN4O2.Na/c1-2-18(27)15-11-23-20(24-21(15)28)19-14-8-4-6-10-17(14)26(25-19)12-13-7-3-5-9-16(13)22;/h3-11H,2,12H2,1H3,(H,23,24,28);/q;+1/p-1. The Labute approximate surface area is 188 Å². The minimum Gasteiger partial charge on any atom is -0.858 e. The fourth-order valence-corrected chi connectivity index (χ4v) is 3.06. The number of nitrogens with zero attached hydrogens (tertiary/aromatic N) is 4. The molecule has 0 bridgehead atoms. The van der Waals surface area contributed by atoms with Gasteiger partial charge in [0, 0.05) is 35.0 Å². The number of carbonyl (C=O) groups excluding carboxylic acids is 1. The maximum absolute atomic E-state index is 14.1. The van der Waals surface area contributed by atoms with Gasteiger partial charge in [-0.3, -0.25) is 9.48 Å². The Balaban J connectivity index is 0.00000240. The third-order valence-corrected chi connectivity index (χ3v) is 4.52. The molecule has 0 atom stereocenters. The molecule has 2 aromatic heterocycles. The zero-order valence-electron chi connectivity index (χ0n) is 16.1. The summed E-state index contributed by atoms with van der Waals surface area (Å²) in [5.41, 5.74) is 1.66. The second-order valence-electron chi connectivity index (χ2n) is 6.30. The number of rotatable bonds is 5. The van der Waals surface area contributed by atoms with Crippen molar-refractivity contribution in [2.45, 2.75) is 19.9 Å². The van der Waals surface area contributed by atoms with Crippen LogP contribution in [0.3, 0.4) is 0 Å². The van der Waals surface area contributed by atoms with E-state index in [0.717, 1.165) is 10.9 Å². The first-order valence-corrected chi connectivity index (χ1v) is 8.85. The summed E-state index contributed by atoms with van der Waals surface area (Å²) in [4.78, 5) is 19.9. The molecule has 0 saturated heterocycles. The Morgan fingerprint density at radius 2 is 1.86 bits per heavy atom. The molecule has 2 heterocycles. The Kier molecular flexibility index (Phi) is 6.42. The van der Waals surface area contributed by atoms with Gasteiger partial charge in [0.1, 0.15) is 11.5 Å². The molecule has 4 aromatic rings. The summed E-state index contributed by atoms with van der Waals surface area (Å²) in [6.45, 7) is 1.90. The summed E-state index contributed by atoms with van der Waals surface area (Å²) >= 11 is 0. The number of ketones is 1. The van der Waals surface area contributed by atoms with E-state index in [9.17, 15) is 14.3 Å². The SMILES string of the molecule is CCC(=O)c1cnc(-c2nn(Cc3ccccc3F)c3ccccc23)nc1[O-].[Na+]. The van der Waals surface area contributed by atoms with Crippen molar-refractivity contribution >= 4 is 16.7 Å². The zero-order chi connectivity index (χ0) is 19.7. The normalized spacial score (nSPS) is 10.7. The Morgan fingerprint density at radius 3 is 2.59 bits per heavy atom. The van der Waals surface area contributed by atoms with Gasteiger partial charge in [0.15, 0.2) is 11.6 Å². The number of halogens is 1. The molecule has 0 amide bonds. The van der Waals surface area contributed by atoms with E-state index in [1.54, 1.807) is 29.8 Å². The Bertz CT molecular complexity index is 1190. The monoisotopic (exact) mass is 398 g/mol. The Morgan fingerprint density at radius 1 is 1.14 bits per heavy atom. The van der Waals surface area contributed by atoms with E-state index < -0.39 is 5.88 Å². The predicted molar refractivity (Wildman–Crippen MR) is 100 cm³/mol. The first-order valence-electron chi connectivity index (χ1n) is 8.85. The molecule has 0 spiro atoms. The maximum atomic E-state index is 14.1. The van der Waals surface area contributed by atoms with Gasteiger partial charge in [-0.1, -0.05) is 43.3 Å². The smallest absolute Gasteiger partial charge is 0.858 e. The van der Waals surface area contributed by atoms with Gasteiger partial charge in [0.2, 0.25) is 0 Å². The third kappa shape index (κ3) is 4.07. The summed E-state index contributed by atoms with van der Waals surface area (Å²) in [6, 6.07) is 13.9. The average Bonchev–Trinajstić information content (AvgIpc) is 3.08. The van der Waals surface area contributed by atoms with Crippen molar-refractivity contribution in [3.05, 3.63) is 71.7 Å². The number of aromatic nitrogens is 4. The van der Waals surface area contributed by atoms with Crippen LogP contribution in [-0.2, 0) is 6.54 Å². The number of fused-ring (bicyclic) bond motifs is 1. The van der Waals surface area contributed by atoms with Gasteiger partial charge in [0.25, 0.3) is 0 Å². The summed E-state index contributed by atoms with van der Waals surface area (Å²) in [5.74, 6) is -1.10. The number of carbonyl (C=O) groups is 1. The molecule has 8 heteroatoms. The van der Waals surface area contributed by atoms with Crippen LogP contribution in [0.15, 0.2) is 54.7 Å². The van der Waals surface area contributed by atoms with Gasteiger partial charge in [-0.25, -0.2) is 14.4 Å². The first kappa shape index (κ1) is 21.1. The molecule has 0 aliphatic rings. The fraction of sp³-hybridized carbons (Fsp3) is 0.143. The number of hydrogen-bond acceptors (Lipinski definition) is 5. The molecule has 140 valence electrons. The molecular formula is C21H16FN4NaO2. The number of hydrogen-bond donors (Lipinski definition) is 0. The van der Waals surface area contributed by atoms with E-state index in [2.05, 4.69) is 15.1 Å². The number of benzene rings is 2. The molecule has 0 aliphatic carbocycles. The van der Waals surface area contributed by atoms with Crippen LogP contribution in [0, 0.1) is 5.82 Å². The average molecular weight is 398 g/mol. The summed E-state index contributed by atoms with van der Waals surface area (Å²) < 4.78 is 15.7. The fourth-order valence-electron chi connectivity index (χ4n) is 3.06. The summed E-state index contributed by atoms with van der Waals surface area (Å²) in [6.07, 6.45) is 1.46. The Hall–Kier alpha value is -2.61. The van der Waals surface area contributed by atoms with Crippen molar-refractivity contribution in [3.63, 3.8) is 0 Å². The molecule has 6 nitrogen and oxygen atoms in total. The molecule has 2 aromatic carbocycles. The minimum atomic E-state index is -0.621. The van der Waals surface area contributed by atoms with E-state index in [-0.39, 0.29) is 65.5 Å². The van der Waals surface area contributed by atoms with Gasteiger partial charge >= 0.3 is 29.6 Å². The van der Waals surface area contributed by atoms with Crippen molar-refractivity contribution < 1.29 is 43.8 Å². The van der Waals surface area contributed by atoms with Gasteiger partial charge in [-0.2, -0.15) is 5.10 Å². The molecule has 4 rings (SSSR count). The van der Waals surface area contributed by atoms with Crippen LogP contribution in [0.5, 0.6) is 5.88 Å². The molecule has 29 heavy (non-hydrogen) atoms. The van der Waals surface area contributed by atoms with E-state index in [1.165, 1.54) is 12.3 Å². The van der Waals surface area contributed by atoms with Crippen LogP contribution in [0.2, 0.25) is 0 Å². The summed E-state index contributed by atoms with van der Waals surface area (Å²) in [7, 11) is 0. The van der Waals surface area contributed by atoms with E-state index in [1.807, 2.05) is 24.3 Å². The van der Waals surface area contributed by atoms with Crippen LogP contribution in [0.4, 0.5) is 4.39 Å². The third-order valence-electron chi connectivity index (χ3n) is 4.52. The van der Waals surface area contributed by atoms with E-state index in [0.29, 0.717) is 11.3 Å². The van der Waals surface area contributed by atoms with Crippen LogP contribution in [0.25, 0.3) is 22.4 Å². The van der Waals surface area contributed by atoms with E-state index >= 15 is 0 Å². The van der Waals surface area contributed by atoms with Gasteiger partial charge in [-0.15, -0.1) is 0 Å². The zero-order valence-corrected chi connectivity index (χ0v) is 18.1. The summed E-state index contributed by atoms with van der Waals surface area (Å²) in [5, 5.41) is 17.5. The maximum Gasteiger partial charge on any atom is 1.00 e. The number of Topliss-reactive ketones (excluding diaryl/α,β-unsaturated/α-hetero) is 1. The quantitative estimate of drug-likeness (QED) is 0.358. The van der Waals surface area contributed by atoms with Crippen molar-refractivity contribution in [3.8, 4) is 17.4 Å². The van der Waals surface area contributed by atoms with E-state index in [4.69, 9.17) is 0 Å². The van der Waals surface area contributed by atoms with Gasteiger partial charge in [-0.05, 0) is 12.1 Å². The molecule has 0 aliphatic heterocycles. The van der Waals surface area contributed by atoms with Gasteiger partial charge in [0.05, 0.1) is 12.1 Å². The molecule has 0 radical (unpaired) electrons. The topological polar surface area (TPSA) is 83.7 Å². The second kappa shape index (κ2) is 8.82. The van der Waals surface area contributed by atoms with Crippen molar-refractivity contribution in [1.29, 1.82) is 0 Å². The predicted octanol–water partition coefficient (Wildman–Crippen LogP) is 0.351. The van der Waals surface area contributed by atoms with Gasteiger partial charge < -0.3 is 5.11 Å². The first-order chi connectivity index (χ1) is 13.6. The van der Waals surface area contributed by atoms with Crippen LogP contribution in [0.1, 0.15) is 29.3 Å². The van der Waals surface area contributed by atoms with Crippen molar-refractivity contribution in [1.82, 2.24) is 19.7 Å². The molecule has 0 saturated carbocycles. The molecular weight excluding hydrogens is 382 g/mol. The largest absolute Gasteiger partial charge is 1.00 e. The second-order valence-corrected chi connectivity index (χ2v) is 6.30. The number of para-hydroxylation sites is 1. The molecule has 0 unspecified atom stereocenters. The minimum absolute atomic E-state index is 0. The van der Waals surface area contributed by atoms with Crippen LogP contribution in [-0.4, -0.2) is 25.5 Å². The van der Waals surface area contributed by atoms with Crippen LogP contribution >= 0.6 is 0 Å². The van der Waals surface area contributed by atoms with Crippen LogP contribution < -0.4 is 34.7 Å². The molecule has 0 N–H and O–H groups in total. The molecule has 0 fully saturated rings.